The summed E-state index contributed by atoms with van der Waals surface area (Å²) in [5.41, 5.74) is 1.20. The van der Waals surface area contributed by atoms with E-state index in [9.17, 15) is 8.78 Å². The van der Waals surface area contributed by atoms with Gasteiger partial charge in [-0.2, -0.15) is 14.0 Å². The monoisotopic (exact) mass is 325 g/mol. The molecule has 0 saturated heterocycles. The smallest absolute Gasteiger partial charge is 0.387 e. The molecule has 1 unspecified atom stereocenters. The molecular weight excluding hydrogens is 308 g/mol. The lowest BCUT2D eigenvalue weighted by Gasteiger charge is -2.15. The summed E-state index contributed by atoms with van der Waals surface area (Å²) in [5, 5.41) is 9.39. The molecule has 0 aliphatic carbocycles. The molecular formula is C17H18ClF2NO. The van der Waals surface area contributed by atoms with E-state index in [2.05, 4.69) is 10.8 Å². The summed E-state index contributed by atoms with van der Waals surface area (Å²) < 4.78 is 30.0. The van der Waals surface area contributed by atoms with Crippen molar-refractivity contribution in [3.63, 3.8) is 0 Å². The molecule has 0 N–H and O–H groups in total. The highest BCUT2D eigenvalue weighted by Crippen LogP contribution is 2.29. The highest BCUT2D eigenvalue weighted by molar-refractivity contribution is 6.30. The molecule has 1 aromatic carbocycles. The van der Waals surface area contributed by atoms with Crippen LogP contribution in [0.4, 0.5) is 8.78 Å². The van der Waals surface area contributed by atoms with Crippen LogP contribution in [0.1, 0.15) is 32.3 Å². The summed E-state index contributed by atoms with van der Waals surface area (Å²) in [7, 11) is 0. The maximum absolute atomic E-state index is 12.7. The van der Waals surface area contributed by atoms with Gasteiger partial charge in [0.15, 0.2) is 0 Å². The normalized spacial score (nSPS) is 13.9. The van der Waals surface area contributed by atoms with Crippen molar-refractivity contribution < 1.29 is 13.5 Å². The lowest BCUT2D eigenvalue weighted by atomic mass is 9.99. The van der Waals surface area contributed by atoms with Gasteiger partial charge < -0.3 is 4.74 Å². The third kappa shape index (κ3) is 5.87. The van der Waals surface area contributed by atoms with E-state index in [0.717, 1.165) is 0 Å². The summed E-state index contributed by atoms with van der Waals surface area (Å²) >= 11 is 5.98. The largest absolute Gasteiger partial charge is 0.435 e. The number of hydrogen-bond acceptors (Lipinski definition) is 2. The van der Waals surface area contributed by atoms with E-state index < -0.39 is 6.61 Å². The van der Waals surface area contributed by atoms with Crippen molar-refractivity contribution in [2.45, 2.75) is 33.3 Å². The van der Waals surface area contributed by atoms with E-state index in [1.54, 1.807) is 43.3 Å². The van der Waals surface area contributed by atoms with Gasteiger partial charge in [0.25, 0.3) is 0 Å². The Hall–Kier alpha value is -1.86. The minimum atomic E-state index is -2.91. The van der Waals surface area contributed by atoms with Crippen LogP contribution >= 0.6 is 11.6 Å². The minimum Gasteiger partial charge on any atom is -0.435 e. The highest BCUT2D eigenvalue weighted by atomic mass is 35.5. The van der Waals surface area contributed by atoms with Crippen LogP contribution in [0.2, 0.25) is 5.02 Å². The van der Waals surface area contributed by atoms with Gasteiger partial charge in [0.05, 0.1) is 6.07 Å². The first-order valence-electron chi connectivity index (χ1n) is 6.99. The number of nitriles is 1. The quantitative estimate of drug-likeness (QED) is 0.468. The van der Waals surface area contributed by atoms with Crippen LogP contribution in [0.3, 0.4) is 0 Å². The van der Waals surface area contributed by atoms with Crippen molar-refractivity contribution in [2.24, 2.45) is 5.92 Å². The summed E-state index contributed by atoms with van der Waals surface area (Å²) in [4.78, 5) is 0. The van der Waals surface area contributed by atoms with Gasteiger partial charge in [-0.15, -0.1) is 0 Å². The summed E-state index contributed by atoms with van der Waals surface area (Å²) in [6.45, 7) is 0.694. The molecule has 0 amide bonds. The van der Waals surface area contributed by atoms with Crippen molar-refractivity contribution in [2.75, 3.05) is 0 Å². The van der Waals surface area contributed by atoms with E-state index in [1.807, 2.05) is 6.92 Å². The number of halogens is 3. The van der Waals surface area contributed by atoms with E-state index in [1.165, 1.54) is 0 Å². The summed E-state index contributed by atoms with van der Waals surface area (Å²) in [6.07, 6.45) is 4.32. The molecule has 0 aliphatic heterocycles. The van der Waals surface area contributed by atoms with Crippen molar-refractivity contribution in [1.82, 2.24) is 0 Å². The Kier molecular flexibility index (Phi) is 7.62. The van der Waals surface area contributed by atoms with Crippen LogP contribution in [-0.4, -0.2) is 6.61 Å². The molecule has 0 aliphatic rings. The number of rotatable bonds is 7. The number of ether oxygens (including phenoxy) is 1. The lowest BCUT2D eigenvalue weighted by molar-refractivity contribution is -0.0910. The summed E-state index contributed by atoms with van der Waals surface area (Å²) in [5.74, 6) is -0.117. The maximum Gasteiger partial charge on any atom is 0.387 e. The molecule has 0 spiro atoms. The van der Waals surface area contributed by atoms with Gasteiger partial charge in [-0.1, -0.05) is 36.7 Å². The second-order valence-corrected chi connectivity index (χ2v) is 5.19. The van der Waals surface area contributed by atoms with E-state index >= 15 is 0 Å². The van der Waals surface area contributed by atoms with Gasteiger partial charge in [0.1, 0.15) is 5.76 Å². The van der Waals surface area contributed by atoms with Crippen molar-refractivity contribution in [3.8, 4) is 6.07 Å². The van der Waals surface area contributed by atoms with Crippen LogP contribution in [-0.2, 0) is 4.74 Å². The van der Waals surface area contributed by atoms with E-state index in [4.69, 9.17) is 16.9 Å². The first-order chi connectivity index (χ1) is 10.5. The molecule has 118 valence electrons. The van der Waals surface area contributed by atoms with E-state index in [-0.39, 0.29) is 11.7 Å². The fraction of sp³-hybridized carbons (Fsp3) is 0.353. The molecule has 0 heterocycles. The van der Waals surface area contributed by atoms with Gasteiger partial charge >= 0.3 is 6.61 Å². The number of nitrogens with zero attached hydrogens (tertiary/aromatic N) is 1. The van der Waals surface area contributed by atoms with Crippen molar-refractivity contribution >= 4 is 17.2 Å². The van der Waals surface area contributed by atoms with Crippen LogP contribution in [0, 0.1) is 17.2 Å². The third-order valence-electron chi connectivity index (χ3n) is 2.90. The SMILES string of the molecule is CC/C=C(OC(F)F)\C(=C/CC(C)C#N)c1cccc(Cl)c1. The number of benzene rings is 1. The Morgan fingerprint density at radius 3 is 2.68 bits per heavy atom. The van der Waals surface area contributed by atoms with Gasteiger partial charge in [-0.05, 0) is 43.5 Å². The predicted octanol–water partition coefficient (Wildman–Crippen LogP) is 5.81. The van der Waals surface area contributed by atoms with Gasteiger partial charge in [0, 0.05) is 16.5 Å². The Morgan fingerprint density at radius 2 is 2.14 bits per heavy atom. The first-order valence-corrected chi connectivity index (χ1v) is 7.36. The zero-order chi connectivity index (χ0) is 16.5. The summed E-state index contributed by atoms with van der Waals surface area (Å²) in [6, 6.07) is 9.02. The zero-order valence-corrected chi connectivity index (χ0v) is 13.3. The van der Waals surface area contributed by atoms with Crippen molar-refractivity contribution in [1.29, 1.82) is 5.26 Å². The van der Waals surface area contributed by atoms with Crippen LogP contribution in [0.15, 0.2) is 42.2 Å². The average molecular weight is 326 g/mol. The van der Waals surface area contributed by atoms with Gasteiger partial charge in [-0.3, -0.25) is 0 Å². The van der Waals surface area contributed by atoms with Crippen LogP contribution < -0.4 is 0 Å². The first kappa shape index (κ1) is 18.2. The molecule has 0 radical (unpaired) electrons. The Balaban J connectivity index is 3.26. The molecule has 1 atom stereocenters. The second kappa shape index (κ2) is 9.22. The van der Waals surface area contributed by atoms with Crippen molar-refractivity contribution in [3.05, 3.63) is 52.8 Å². The Morgan fingerprint density at radius 1 is 1.41 bits per heavy atom. The Bertz CT molecular complexity index is 591. The van der Waals surface area contributed by atoms with Crippen LogP contribution in [0.25, 0.3) is 5.57 Å². The number of hydrogen-bond donors (Lipinski definition) is 0. The number of allylic oxidation sites excluding steroid dienone is 3. The van der Waals surface area contributed by atoms with Crippen LogP contribution in [0.5, 0.6) is 0 Å². The van der Waals surface area contributed by atoms with Gasteiger partial charge in [0.2, 0.25) is 0 Å². The topological polar surface area (TPSA) is 33.0 Å². The number of alkyl halides is 2. The molecule has 1 rings (SSSR count). The maximum atomic E-state index is 12.7. The Labute approximate surface area is 134 Å². The molecule has 0 fully saturated rings. The van der Waals surface area contributed by atoms with E-state index in [0.29, 0.717) is 29.0 Å². The average Bonchev–Trinajstić information content (AvgIpc) is 2.46. The molecule has 5 heteroatoms. The lowest BCUT2D eigenvalue weighted by Crippen LogP contribution is -2.03. The highest BCUT2D eigenvalue weighted by Gasteiger charge is 2.15. The zero-order valence-electron chi connectivity index (χ0n) is 12.5. The fourth-order valence-electron chi connectivity index (χ4n) is 1.87. The predicted molar refractivity (Wildman–Crippen MR) is 84.3 cm³/mol. The molecule has 1 aromatic rings. The molecule has 0 aromatic heterocycles. The molecule has 0 saturated carbocycles. The fourth-order valence-corrected chi connectivity index (χ4v) is 2.06. The second-order valence-electron chi connectivity index (χ2n) is 4.75. The standard InChI is InChI=1S/C17H18ClF2NO/c1-3-5-16(22-17(19)20)15(9-8-12(2)11-21)13-6-4-7-14(18)10-13/h4-7,9-10,12,17H,3,8H2,1-2H3/b15-9-,16-5+. The third-order valence-corrected chi connectivity index (χ3v) is 3.14. The minimum absolute atomic E-state index is 0.102. The molecule has 0 bridgehead atoms. The molecule has 2 nitrogen and oxygen atoms in total. The molecule has 22 heavy (non-hydrogen) atoms. The van der Waals surface area contributed by atoms with Gasteiger partial charge in [-0.25, -0.2) is 0 Å².